The van der Waals surface area contributed by atoms with Gasteiger partial charge in [0.1, 0.15) is 13.2 Å². The highest BCUT2D eigenvalue weighted by atomic mass is 79.9. The number of rotatable bonds is 3. The molecule has 1 aliphatic rings. The number of alkyl halides is 1. The molecule has 0 aliphatic carbocycles. The summed E-state index contributed by atoms with van der Waals surface area (Å²) in [6.45, 7) is 4.21. The molecule has 1 fully saturated rings. The summed E-state index contributed by atoms with van der Waals surface area (Å²) in [6.07, 6.45) is 0.765. The number of nitro groups is 1. The number of hydrogen-bond donors (Lipinski definition) is 0. The normalized spacial score (nSPS) is 21.3. The van der Waals surface area contributed by atoms with E-state index in [-0.39, 0.29) is 20.3 Å². The molecular formula is C7H13BBrNO4. The monoisotopic (exact) mass is 265 g/mol. The lowest BCUT2D eigenvalue weighted by Crippen LogP contribution is -2.50. The predicted molar refractivity (Wildman–Crippen MR) is 56.0 cm³/mol. The lowest BCUT2D eigenvalue weighted by Gasteiger charge is -2.28. The smallest absolute Gasteiger partial charge is 0.403 e. The second kappa shape index (κ2) is 4.59. The van der Waals surface area contributed by atoms with E-state index in [1.807, 2.05) is 0 Å². The van der Waals surface area contributed by atoms with Crippen molar-refractivity contribution in [1.82, 2.24) is 0 Å². The Balaban J connectivity index is 2.42. The first kappa shape index (κ1) is 11.9. The fourth-order valence-corrected chi connectivity index (χ4v) is 1.42. The molecule has 0 aromatic heterocycles. The Hall–Kier alpha value is -0.135. The maximum atomic E-state index is 10.6. The zero-order valence-electron chi connectivity index (χ0n) is 8.23. The molecule has 0 bridgehead atoms. The van der Waals surface area contributed by atoms with Crippen LogP contribution < -0.4 is 0 Å². The molecule has 0 aromatic rings. The van der Waals surface area contributed by atoms with Crippen LogP contribution in [0.2, 0.25) is 6.32 Å². The molecule has 0 spiro atoms. The van der Waals surface area contributed by atoms with Gasteiger partial charge in [-0.1, -0.05) is 13.8 Å². The highest BCUT2D eigenvalue weighted by Crippen LogP contribution is 2.26. The molecule has 0 amide bonds. The molecule has 0 unspecified atom stereocenters. The second-order valence-corrected chi connectivity index (χ2v) is 5.33. The van der Waals surface area contributed by atoms with E-state index in [9.17, 15) is 10.1 Å². The van der Waals surface area contributed by atoms with Crippen molar-refractivity contribution in [1.29, 1.82) is 0 Å². The first-order chi connectivity index (χ1) is 6.44. The van der Waals surface area contributed by atoms with Crippen LogP contribution in [-0.2, 0) is 9.31 Å². The van der Waals surface area contributed by atoms with E-state index in [2.05, 4.69) is 29.8 Å². The number of hydrogen-bond acceptors (Lipinski definition) is 4. The molecule has 0 aromatic carbocycles. The molecule has 0 atom stereocenters. The van der Waals surface area contributed by atoms with Gasteiger partial charge in [-0.3, -0.25) is 10.1 Å². The van der Waals surface area contributed by atoms with Gasteiger partial charge in [0.2, 0.25) is 0 Å². The van der Waals surface area contributed by atoms with Crippen LogP contribution in [0, 0.1) is 16.0 Å². The van der Waals surface area contributed by atoms with Gasteiger partial charge in [0.05, 0.1) is 0 Å². The van der Waals surface area contributed by atoms with Crippen molar-refractivity contribution < 1.29 is 14.2 Å². The van der Waals surface area contributed by atoms with Crippen LogP contribution in [0.15, 0.2) is 0 Å². The van der Waals surface area contributed by atoms with Gasteiger partial charge in [0.25, 0.3) is 0 Å². The van der Waals surface area contributed by atoms with Crippen LogP contribution >= 0.6 is 15.9 Å². The largest absolute Gasteiger partial charge is 0.457 e. The van der Waals surface area contributed by atoms with Crippen LogP contribution in [0.4, 0.5) is 0 Å². The van der Waals surface area contributed by atoms with Crippen LogP contribution in [0.3, 0.4) is 0 Å². The Labute approximate surface area is 91.6 Å². The molecule has 1 saturated heterocycles. The van der Waals surface area contributed by atoms with Crippen LogP contribution in [0.25, 0.3) is 0 Å². The Bertz CT molecular complexity index is 218. The first-order valence-electron chi connectivity index (χ1n) is 4.50. The van der Waals surface area contributed by atoms with E-state index >= 15 is 0 Å². The Morgan fingerprint density at radius 3 is 2.43 bits per heavy atom. The molecule has 0 saturated carbocycles. The topological polar surface area (TPSA) is 61.6 Å². The lowest BCUT2D eigenvalue weighted by atomic mass is 9.77. The van der Waals surface area contributed by atoms with E-state index < -0.39 is 9.37 Å². The minimum atomic E-state index is -1.26. The molecular weight excluding hydrogens is 253 g/mol. The van der Waals surface area contributed by atoms with Gasteiger partial charge in [-0.15, -0.1) is 0 Å². The molecule has 5 nitrogen and oxygen atoms in total. The zero-order chi connectivity index (χ0) is 10.8. The first-order valence-corrected chi connectivity index (χ1v) is 5.30. The molecule has 14 heavy (non-hydrogen) atoms. The number of halogens is 1. The third-order valence-electron chi connectivity index (χ3n) is 1.97. The molecule has 0 N–H and O–H groups in total. The quantitative estimate of drug-likeness (QED) is 0.255. The summed E-state index contributed by atoms with van der Waals surface area (Å²) in [5, 5.41) is 10.6. The van der Waals surface area contributed by atoms with Crippen LogP contribution in [0.5, 0.6) is 0 Å². The average Bonchev–Trinajstić information content (AvgIpc) is 2.08. The van der Waals surface area contributed by atoms with Crippen molar-refractivity contribution in [2.75, 3.05) is 13.2 Å². The summed E-state index contributed by atoms with van der Waals surface area (Å²) in [5.74, 6) is 0.457. The maximum Gasteiger partial charge on any atom is 0.457 e. The molecule has 0 radical (unpaired) electrons. The van der Waals surface area contributed by atoms with Crippen LogP contribution in [0.1, 0.15) is 13.8 Å². The van der Waals surface area contributed by atoms with Gasteiger partial charge >= 0.3 is 11.6 Å². The van der Waals surface area contributed by atoms with Gasteiger partial charge in [-0.05, 0) is 12.2 Å². The summed E-state index contributed by atoms with van der Waals surface area (Å²) in [5.41, 5.74) is 0. The fraction of sp³-hybridized carbons (Fsp3) is 1.00. The van der Waals surface area contributed by atoms with Gasteiger partial charge < -0.3 is 9.31 Å². The van der Waals surface area contributed by atoms with Crippen molar-refractivity contribution in [3.8, 4) is 0 Å². The third kappa shape index (κ3) is 2.93. The Morgan fingerprint density at radius 2 is 2.07 bits per heavy atom. The third-order valence-corrected chi connectivity index (χ3v) is 2.72. The van der Waals surface area contributed by atoms with Crippen molar-refractivity contribution in [2.24, 2.45) is 5.92 Å². The van der Waals surface area contributed by atoms with Crippen molar-refractivity contribution >= 4 is 23.0 Å². The summed E-state index contributed by atoms with van der Waals surface area (Å²) in [6, 6.07) is 0. The van der Waals surface area contributed by atoms with E-state index in [1.54, 1.807) is 0 Å². The molecule has 1 heterocycles. The van der Waals surface area contributed by atoms with Crippen LogP contribution in [-0.4, -0.2) is 29.7 Å². The minimum absolute atomic E-state index is 0.0530. The van der Waals surface area contributed by atoms with Gasteiger partial charge in [0, 0.05) is 20.9 Å². The summed E-state index contributed by atoms with van der Waals surface area (Å²) in [4.78, 5) is 10.2. The highest BCUT2D eigenvalue weighted by molar-refractivity contribution is 9.10. The van der Waals surface area contributed by atoms with Crippen molar-refractivity contribution in [3.63, 3.8) is 0 Å². The lowest BCUT2D eigenvalue weighted by molar-refractivity contribution is -0.543. The summed E-state index contributed by atoms with van der Waals surface area (Å²) in [7, 11) is -0.305. The average molecular weight is 266 g/mol. The zero-order valence-corrected chi connectivity index (χ0v) is 9.82. The standard InChI is InChI=1S/C7H13BBrNO4/c1-6(2)3-8-13-4-7(9,5-14-8)10(11)12/h6H,3-5H2,1-2H3. The highest BCUT2D eigenvalue weighted by Gasteiger charge is 2.46. The van der Waals surface area contributed by atoms with Gasteiger partial charge in [-0.2, -0.15) is 0 Å². The van der Waals surface area contributed by atoms with Gasteiger partial charge in [-0.25, -0.2) is 0 Å². The summed E-state index contributed by atoms with van der Waals surface area (Å²) >= 11 is 3.00. The van der Waals surface area contributed by atoms with E-state index in [0.29, 0.717) is 5.92 Å². The Morgan fingerprint density at radius 1 is 1.57 bits per heavy atom. The molecule has 80 valence electrons. The molecule has 7 heteroatoms. The second-order valence-electron chi connectivity index (χ2n) is 3.86. The Kier molecular flexibility index (Phi) is 3.91. The van der Waals surface area contributed by atoms with E-state index in [4.69, 9.17) is 9.31 Å². The van der Waals surface area contributed by atoms with Crippen molar-refractivity contribution in [3.05, 3.63) is 10.1 Å². The van der Waals surface area contributed by atoms with Gasteiger partial charge in [0.15, 0.2) is 0 Å². The summed E-state index contributed by atoms with van der Waals surface area (Å²) < 4.78 is 9.25. The predicted octanol–water partition coefficient (Wildman–Crippen LogP) is 1.55. The van der Waals surface area contributed by atoms with E-state index in [1.165, 1.54) is 0 Å². The van der Waals surface area contributed by atoms with Crippen molar-refractivity contribution in [2.45, 2.75) is 24.6 Å². The minimum Gasteiger partial charge on any atom is -0.403 e. The fourth-order valence-electron chi connectivity index (χ4n) is 1.16. The number of nitrogens with zero attached hydrogens (tertiary/aromatic N) is 1. The molecule has 1 aliphatic heterocycles. The molecule has 1 rings (SSSR count). The SMILES string of the molecule is CC(C)CB1OCC(Br)([N+](=O)[O-])CO1. The maximum absolute atomic E-state index is 10.6. The van der Waals surface area contributed by atoms with E-state index in [0.717, 1.165) is 6.32 Å².